The number of halogens is 3. The minimum absolute atomic E-state index is 0.0169. The molecular weight excluding hydrogens is 281 g/mol. The lowest BCUT2D eigenvalue weighted by Gasteiger charge is -2.49. The minimum atomic E-state index is -4.13. The van der Waals surface area contributed by atoms with Crippen LogP contribution in [-0.4, -0.2) is 40.5 Å². The third-order valence-electron chi connectivity index (χ3n) is 3.35. The Morgan fingerprint density at radius 1 is 1.38 bits per heavy atom. The number of hydrogen-bond acceptors (Lipinski definition) is 3. The Kier molecular flexibility index (Phi) is 5.78. The summed E-state index contributed by atoms with van der Waals surface area (Å²) in [5.74, 6) is 0. The first-order valence-corrected chi connectivity index (χ1v) is 7.02. The van der Waals surface area contributed by atoms with Gasteiger partial charge in [-0.15, -0.1) is 0 Å². The predicted molar refractivity (Wildman–Crippen MR) is 73.6 cm³/mol. The van der Waals surface area contributed by atoms with Crippen molar-refractivity contribution < 1.29 is 13.2 Å². The van der Waals surface area contributed by atoms with Crippen molar-refractivity contribution >= 4 is 0 Å². The van der Waals surface area contributed by atoms with Gasteiger partial charge in [-0.1, -0.05) is 13.8 Å². The molecule has 1 fully saturated rings. The number of alkyl halides is 3. The van der Waals surface area contributed by atoms with Crippen LogP contribution in [0.1, 0.15) is 32.3 Å². The number of hydrogen-bond donors (Lipinski definition) is 0. The lowest BCUT2D eigenvalue weighted by molar-refractivity contribution is -0.144. The van der Waals surface area contributed by atoms with Crippen LogP contribution in [-0.2, 0) is 5.54 Å². The van der Waals surface area contributed by atoms with Gasteiger partial charge >= 0.3 is 6.18 Å². The molecule has 1 aromatic rings. The molecule has 0 unspecified atom stereocenters. The molecule has 0 spiro atoms. The van der Waals surface area contributed by atoms with Crippen LogP contribution in [0.25, 0.3) is 0 Å². The van der Waals surface area contributed by atoms with Crippen molar-refractivity contribution in [2.24, 2.45) is 0 Å². The molecule has 1 aromatic heterocycles. The summed E-state index contributed by atoms with van der Waals surface area (Å²) in [6.45, 7) is 6.76. The van der Waals surface area contributed by atoms with Gasteiger partial charge in [0.25, 0.3) is 0 Å². The quantitative estimate of drug-likeness (QED) is 0.858. The van der Waals surface area contributed by atoms with E-state index in [1.165, 1.54) is 0 Å². The number of aromatic nitrogens is 2. The Labute approximate surface area is 123 Å². The highest BCUT2D eigenvalue weighted by molar-refractivity contribution is 5.10. The fourth-order valence-corrected chi connectivity index (χ4v) is 2.39. The summed E-state index contributed by atoms with van der Waals surface area (Å²) >= 11 is 0. The molecule has 0 aromatic carbocycles. The number of nitrogens with zero attached hydrogens (tertiary/aromatic N) is 4. The maximum atomic E-state index is 12.1. The Hall–Kier alpha value is -1.55. The van der Waals surface area contributed by atoms with Crippen molar-refractivity contribution in [2.75, 3.05) is 19.6 Å². The Morgan fingerprint density at radius 2 is 2.00 bits per heavy atom. The SMILES string of the molecule is CC.Cc1cnn(C2(CC#N)CN(CCC(F)(F)F)C2)c1. The van der Waals surface area contributed by atoms with Gasteiger partial charge in [-0.2, -0.15) is 23.5 Å². The molecule has 21 heavy (non-hydrogen) atoms. The van der Waals surface area contributed by atoms with Gasteiger partial charge in [0, 0.05) is 25.8 Å². The molecule has 0 amide bonds. The molecular formula is C14H21F3N4. The van der Waals surface area contributed by atoms with E-state index < -0.39 is 18.1 Å². The van der Waals surface area contributed by atoms with Gasteiger partial charge in [0.05, 0.1) is 25.1 Å². The molecule has 7 heteroatoms. The molecule has 2 rings (SSSR count). The van der Waals surface area contributed by atoms with Crippen LogP contribution >= 0.6 is 0 Å². The van der Waals surface area contributed by atoms with Gasteiger partial charge in [-0.25, -0.2) is 0 Å². The largest absolute Gasteiger partial charge is 0.390 e. The van der Waals surface area contributed by atoms with E-state index in [4.69, 9.17) is 5.26 Å². The van der Waals surface area contributed by atoms with Crippen molar-refractivity contribution in [1.82, 2.24) is 14.7 Å². The van der Waals surface area contributed by atoms with Crippen molar-refractivity contribution in [3.63, 3.8) is 0 Å². The molecule has 0 bridgehead atoms. The molecule has 0 atom stereocenters. The van der Waals surface area contributed by atoms with Crippen LogP contribution in [0, 0.1) is 18.3 Å². The monoisotopic (exact) mass is 302 g/mol. The average Bonchev–Trinajstić information content (AvgIpc) is 2.80. The van der Waals surface area contributed by atoms with Crippen LogP contribution < -0.4 is 0 Å². The number of rotatable bonds is 4. The number of nitriles is 1. The van der Waals surface area contributed by atoms with Crippen molar-refractivity contribution in [1.29, 1.82) is 5.26 Å². The van der Waals surface area contributed by atoms with Crippen LogP contribution in [0.4, 0.5) is 13.2 Å². The molecule has 1 saturated heterocycles. The Bertz CT molecular complexity index is 481. The van der Waals surface area contributed by atoms with Gasteiger partial charge in [0.2, 0.25) is 0 Å². The fraction of sp³-hybridized carbons (Fsp3) is 0.714. The van der Waals surface area contributed by atoms with Crippen LogP contribution in [0.15, 0.2) is 12.4 Å². The second-order valence-corrected chi connectivity index (χ2v) is 5.10. The Balaban J connectivity index is 0.00000106. The summed E-state index contributed by atoms with van der Waals surface area (Å²) < 4.78 is 38.2. The highest BCUT2D eigenvalue weighted by Crippen LogP contribution is 2.33. The first-order chi connectivity index (χ1) is 9.85. The third kappa shape index (κ3) is 4.46. The van der Waals surface area contributed by atoms with Gasteiger partial charge < -0.3 is 0 Å². The maximum Gasteiger partial charge on any atom is 0.390 e. The molecule has 118 valence electrons. The predicted octanol–water partition coefficient (Wildman–Crippen LogP) is 3.09. The summed E-state index contributed by atoms with van der Waals surface area (Å²) in [7, 11) is 0. The lowest BCUT2D eigenvalue weighted by atomic mass is 9.86. The second kappa shape index (κ2) is 6.94. The van der Waals surface area contributed by atoms with Crippen molar-refractivity contribution in [2.45, 2.75) is 45.3 Å². The zero-order valence-corrected chi connectivity index (χ0v) is 12.6. The van der Waals surface area contributed by atoms with Gasteiger partial charge in [0.15, 0.2) is 0 Å². The second-order valence-electron chi connectivity index (χ2n) is 5.10. The minimum Gasteiger partial charge on any atom is -0.298 e. The highest BCUT2D eigenvalue weighted by atomic mass is 19.4. The lowest BCUT2D eigenvalue weighted by Crippen LogP contribution is -2.63. The van der Waals surface area contributed by atoms with Gasteiger partial charge in [-0.3, -0.25) is 9.58 Å². The first-order valence-electron chi connectivity index (χ1n) is 7.02. The van der Waals surface area contributed by atoms with E-state index in [2.05, 4.69) is 11.2 Å². The van der Waals surface area contributed by atoms with E-state index in [1.54, 1.807) is 15.8 Å². The molecule has 0 aliphatic carbocycles. The molecule has 2 heterocycles. The first kappa shape index (κ1) is 17.5. The Morgan fingerprint density at radius 3 is 2.43 bits per heavy atom. The summed E-state index contributed by atoms with van der Waals surface area (Å²) in [6.07, 6.45) is -1.16. The zero-order valence-electron chi connectivity index (χ0n) is 12.6. The summed E-state index contributed by atoms with van der Waals surface area (Å²) in [6, 6.07) is 2.10. The molecule has 1 aliphatic rings. The van der Waals surface area contributed by atoms with Crippen LogP contribution in [0.3, 0.4) is 0 Å². The molecule has 0 N–H and O–H groups in total. The normalized spacial score (nSPS) is 17.4. The van der Waals surface area contributed by atoms with E-state index in [-0.39, 0.29) is 13.0 Å². The number of aryl methyl sites for hydroxylation is 1. The van der Waals surface area contributed by atoms with E-state index in [0.29, 0.717) is 13.1 Å². The van der Waals surface area contributed by atoms with Crippen LogP contribution in [0.5, 0.6) is 0 Å². The maximum absolute atomic E-state index is 12.1. The summed E-state index contributed by atoms with van der Waals surface area (Å²) in [5.41, 5.74) is 0.514. The van der Waals surface area contributed by atoms with Crippen LogP contribution in [0.2, 0.25) is 0 Å². The highest BCUT2D eigenvalue weighted by Gasteiger charge is 2.46. The molecule has 1 aliphatic heterocycles. The van der Waals surface area contributed by atoms with Gasteiger partial charge in [0.1, 0.15) is 5.54 Å². The zero-order chi connectivity index (χ0) is 16.1. The standard InChI is InChI=1S/C12H15F3N4.C2H6/c1-10-6-17-19(7-10)11(2-4-16)8-18(9-11)5-3-12(13,14)15;1-2/h6-7H,2-3,5,8-9H2,1H3;1-2H3. The number of likely N-dealkylation sites (tertiary alicyclic amines) is 1. The van der Waals surface area contributed by atoms with E-state index in [9.17, 15) is 13.2 Å². The van der Waals surface area contributed by atoms with E-state index in [1.807, 2.05) is 27.0 Å². The molecule has 4 nitrogen and oxygen atoms in total. The summed E-state index contributed by atoms with van der Waals surface area (Å²) in [4.78, 5) is 1.71. The summed E-state index contributed by atoms with van der Waals surface area (Å²) in [5, 5.41) is 13.1. The van der Waals surface area contributed by atoms with E-state index in [0.717, 1.165) is 5.56 Å². The van der Waals surface area contributed by atoms with Crippen molar-refractivity contribution in [3.8, 4) is 6.07 Å². The average molecular weight is 302 g/mol. The fourth-order valence-electron chi connectivity index (χ4n) is 2.39. The smallest absolute Gasteiger partial charge is 0.298 e. The van der Waals surface area contributed by atoms with Gasteiger partial charge in [-0.05, 0) is 12.5 Å². The molecule has 0 saturated carbocycles. The topological polar surface area (TPSA) is 44.9 Å². The van der Waals surface area contributed by atoms with Crippen molar-refractivity contribution in [3.05, 3.63) is 18.0 Å². The third-order valence-corrected chi connectivity index (χ3v) is 3.35. The van der Waals surface area contributed by atoms with E-state index >= 15 is 0 Å². The molecule has 0 radical (unpaired) electrons.